The molecule has 0 saturated carbocycles. The average Bonchev–Trinajstić information content (AvgIpc) is 3.28. The van der Waals surface area contributed by atoms with Gasteiger partial charge in [0.25, 0.3) is 10.0 Å². The normalized spacial score (nSPS) is 16.6. The van der Waals surface area contributed by atoms with Gasteiger partial charge in [-0.2, -0.15) is 0 Å². The second-order valence-electron chi connectivity index (χ2n) is 10.2. The Balaban J connectivity index is 0.00000320. The number of nitrogens with zero attached hydrogens (tertiary/aromatic N) is 2. The van der Waals surface area contributed by atoms with Crippen molar-refractivity contribution < 1.29 is 22.1 Å². The molecule has 37 heavy (non-hydrogen) atoms. The molecule has 0 atom stereocenters. The van der Waals surface area contributed by atoms with Crippen LogP contribution in [0.5, 0.6) is 0 Å². The fourth-order valence-electron chi connectivity index (χ4n) is 4.37. The van der Waals surface area contributed by atoms with Gasteiger partial charge < -0.3 is 9.31 Å². The van der Waals surface area contributed by atoms with Gasteiger partial charge >= 0.3 is 7.12 Å². The lowest BCUT2D eigenvalue weighted by Crippen LogP contribution is -2.41. The molecule has 0 radical (unpaired) electrons. The van der Waals surface area contributed by atoms with Crippen LogP contribution in [0.15, 0.2) is 71.8 Å². The molecule has 1 saturated heterocycles. The van der Waals surface area contributed by atoms with Gasteiger partial charge in [-0.3, -0.25) is 0 Å². The maximum absolute atomic E-state index is 14.6. The molecule has 4 aromatic rings. The lowest BCUT2D eigenvalue weighted by atomic mass is 9.78. The highest BCUT2D eigenvalue weighted by atomic mass is 32.2. The molecule has 0 spiro atoms. The molecular weight excluding hydrogens is 490 g/mol. The lowest BCUT2D eigenvalue weighted by molar-refractivity contribution is 0.00578. The summed E-state index contributed by atoms with van der Waals surface area (Å²) in [6.45, 7) is 9.73. The Labute approximate surface area is 218 Å². The lowest BCUT2D eigenvalue weighted by Gasteiger charge is -2.32. The summed E-state index contributed by atoms with van der Waals surface area (Å²) in [5, 5.41) is 0.582. The number of hydrogen-bond donors (Lipinski definition) is 0. The summed E-state index contributed by atoms with van der Waals surface area (Å²) >= 11 is 0. The highest BCUT2D eigenvalue weighted by Gasteiger charge is 2.52. The van der Waals surface area contributed by atoms with Crippen LogP contribution in [0.2, 0.25) is 0 Å². The van der Waals surface area contributed by atoms with E-state index in [1.807, 2.05) is 34.6 Å². The highest BCUT2D eigenvalue weighted by Crippen LogP contribution is 2.37. The molecule has 194 valence electrons. The summed E-state index contributed by atoms with van der Waals surface area (Å²) in [5.41, 5.74) is 1.50. The molecule has 0 aliphatic carbocycles. The van der Waals surface area contributed by atoms with Gasteiger partial charge in [-0.05, 0) is 76.0 Å². The second-order valence-corrected chi connectivity index (χ2v) is 12.0. The number of pyridine rings is 1. The zero-order chi connectivity index (χ0) is 25.9. The van der Waals surface area contributed by atoms with Gasteiger partial charge in [0, 0.05) is 23.7 Å². The van der Waals surface area contributed by atoms with Gasteiger partial charge in [0.2, 0.25) is 0 Å². The average molecular weight is 522 g/mol. The maximum atomic E-state index is 14.6. The van der Waals surface area contributed by atoms with Crippen LogP contribution in [0.25, 0.3) is 11.0 Å². The van der Waals surface area contributed by atoms with E-state index in [4.69, 9.17) is 9.31 Å². The summed E-state index contributed by atoms with van der Waals surface area (Å²) in [4.78, 5) is 4.59. The number of benzene rings is 2. The van der Waals surface area contributed by atoms with E-state index < -0.39 is 34.2 Å². The highest BCUT2D eigenvalue weighted by molar-refractivity contribution is 7.90. The van der Waals surface area contributed by atoms with Crippen molar-refractivity contribution in [2.24, 2.45) is 0 Å². The van der Waals surface area contributed by atoms with Crippen LogP contribution >= 0.6 is 0 Å². The minimum atomic E-state index is -4.04. The van der Waals surface area contributed by atoms with E-state index in [0.717, 1.165) is 5.56 Å². The molecule has 2 aromatic carbocycles. The van der Waals surface area contributed by atoms with Crippen molar-refractivity contribution in [3.63, 3.8) is 0 Å². The molecule has 1 fully saturated rings. The van der Waals surface area contributed by atoms with Gasteiger partial charge in [0.15, 0.2) is 5.65 Å². The van der Waals surface area contributed by atoms with Gasteiger partial charge in [0.05, 0.1) is 16.1 Å². The molecule has 3 heterocycles. The van der Waals surface area contributed by atoms with Crippen LogP contribution in [0, 0.1) is 12.7 Å². The Morgan fingerprint density at radius 1 is 0.973 bits per heavy atom. The van der Waals surface area contributed by atoms with Crippen molar-refractivity contribution in [1.29, 1.82) is 0 Å². The molecule has 1 aliphatic rings. The standard InChI is InChI=1S/C27H28BFN2O4S.CH4/c1-18-10-12-21(13-11-18)36(32,33)31-20(16-19-8-6-7-9-24(19)29)17-22-23(14-15-30-25(22)31)28-34-26(2,3)27(4,5)35-28;/h6-15,17H,16H2,1-5H3;1H4. The van der Waals surface area contributed by atoms with E-state index in [9.17, 15) is 12.8 Å². The van der Waals surface area contributed by atoms with Crippen LogP contribution in [-0.2, 0) is 25.8 Å². The second kappa shape index (κ2) is 9.38. The largest absolute Gasteiger partial charge is 0.495 e. The molecule has 0 bridgehead atoms. The zero-order valence-corrected chi connectivity index (χ0v) is 21.8. The number of rotatable bonds is 5. The quantitative estimate of drug-likeness (QED) is 0.335. The molecule has 6 nitrogen and oxygen atoms in total. The molecule has 1 aliphatic heterocycles. The first-order valence-electron chi connectivity index (χ1n) is 11.8. The first-order chi connectivity index (χ1) is 16.9. The summed E-state index contributed by atoms with van der Waals surface area (Å²) in [6, 6.07) is 16.5. The van der Waals surface area contributed by atoms with E-state index in [1.54, 1.807) is 60.8 Å². The Morgan fingerprint density at radius 3 is 2.22 bits per heavy atom. The predicted octanol–water partition coefficient (Wildman–Crippen LogP) is 5.25. The first kappa shape index (κ1) is 27.0. The Morgan fingerprint density at radius 2 is 1.59 bits per heavy atom. The summed E-state index contributed by atoms with van der Waals surface area (Å²) in [7, 11) is -4.75. The SMILES string of the molecule is C.Cc1ccc(S(=O)(=O)n2c(Cc3ccccc3F)cc3c(B4OC(C)(C)C(C)(C)O4)ccnc32)cc1. The predicted molar refractivity (Wildman–Crippen MR) is 145 cm³/mol. The van der Waals surface area contributed by atoms with Crippen LogP contribution in [0.4, 0.5) is 4.39 Å². The van der Waals surface area contributed by atoms with Crippen molar-refractivity contribution in [3.8, 4) is 0 Å². The van der Waals surface area contributed by atoms with Crippen LogP contribution in [-0.4, -0.2) is 35.7 Å². The molecule has 0 unspecified atom stereocenters. The summed E-state index contributed by atoms with van der Waals surface area (Å²) in [5.74, 6) is -0.402. The van der Waals surface area contributed by atoms with Gasteiger partial charge in [-0.1, -0.05) is 43.3 Å². The maximum Gasteiger partial charge on any atom is 0.495 e. The number of fused-ring (bicyclic) bond motifs is 1. The number of aryl methyl sites for hydroxylation is 1. The van der Waals surface area contributed by atoms with Gasteiger partial charge in [0.1, 0.15) is 5.82 Å². The third kappa shape index (κ3) is 4.60. The topological polar surface area (TPSA) is 70.4 Å². The van der Waals surface area contributed by atoms with Gasteiger partial charge in [-0.15, -0.1) is 0 Å². The molecular formula is C28H32BFN2O4S. The van der Waals surface area contributed by atoms with E-state index in [1.165, 1.54) is 10.0 Å². The number of aromatic nitrogens is 2. The minimum Gasteiger partial charge on any atom is -0.399 e. The molecule has 9 heteroatoms. The molecule has 5 rings (SSSR count). The van der Waals surface area contributed by atoms with E-state index in [-0.39, 0.29) is 24.4 Å². The molecule has 0 amide bonds. The first-order valence-corrected chi connectivity index (χ1v) is 13.3. The minimum absolute atomic E-state index is 0. The Hall–Kier alpha value is -3.01. The Bertz CT molecular complexity index is 1550. The van der Waals surface area contributed by atoms with Crippen molar-refractivity contribution >= 4 is 33.6 Å². The Kier molecular flexibility index (Phi) is 6.86. The van der Waals surface area contributed by atoms with Crippen LogP contribution in [0.3, 0.4) is 0 Å². The number of hydrogen-bond acceptors (Lipinski definition) is 5. The van der Waals surface area contributed by atoms with E-state index in [0.29, 0.717) is 22.1 Å². The molecule has 0 N–H and O–H groups in total. The summed E-state index contributed by atoms with van der Waals surface area (Å²) < 4.78 is 56.2. The zero-order valence-electron chi connectivity index (χ0n) is 20.9. The smallest absolute Gasteiger partial charge is 0.399 e. The van der Waals surface area contributed by atoms with E-state index in [2.05, 4.69) is 4.98 Å². The van der Waals surface area contributed by atoms with Crippen molar-refractivity contribution in [3.05, 3.63) is 89.5 Å². The molecule has 2 aromatic heterocycles. The third-order valence-corrected chi connectivity index (χ3v) is 8.92. The van der Waals surface area contributed by atoms with Crippen LogP contribution < -0.4 is 5.46 Å². The van der Waals surface area contributed by atoms with Gasteiger partial charge in [-0.25, -0.2) is 21.8 Å². The number of halogens is 1. The van der Waals surface area contributed by atoms with Crippen molar-refractivity contribution in [2.45, 2.75) is 64.6 Å². The monoisotopic (exact) mass is 522 g/mol. The summed E-state index contributed by atoms with van der Waals surface area (Å²) in [6.07, 6.45) is 1.62. The van der Waals surface area contributed by atoms with E-state index >= 15 is 0 Å². The van der Waals surface area contributed by atoms with Crippen molar-refractivity contribution in [1.82, 2.24) is 8.96 Å². The fraction of sp³-hybridized carbons (Fsp3) is 0.321. The fourth-order valence-corrected chi connectivity index (χ4v) is 5.86. The third-order valence-electron chi connectivity index (χ3n) is 7.16. The van der Waals surface area contributed by atoms with Crippen molar-refractivity contribution in [2.75, 3.05) is 0 Å². The van der Waals surface area contributed by atoms with Crippen LogP contribution in [0.1, 0.15) is 51.9 Å².